The lowest BCUT2D eigenvalue weighted by Gasteiger charge is -2.07. The lowest BCUT2D eigenvalue weighted by molar-refractivity contribution is -0.136. The maximum Gasteiger partial charge on any atom is 0.418 e. The summed E-state index contributed by atoms with van der Waals surface area (Å²) < 4.78 is 48.9. The summed E-state index contributed by atoms with van der Waals surface area (Å²) in [7, 11) is 0. The van der Waals surface area contributed by atoms with Gasteiger partial charge >= 0.3 is 18.1 Å². The molecular formula is C15H14F3NO4. The van der Waals surface area contributed by atoms with Crippen molar-refractivity contribution >= 4 is 22.8 Å². The number of aromatic nitrogens is 1. The van der Waals surface area contributed by atoms with Gasteiger partial charge in [0.15, 0.2) is 0 Å². The number of fused-ring (bicyclic) bond motifs is 1. The Hall–Kier alpha value is -2.51. The second-order valence-corrected chi connectivity index (χ2v) is 4.54. The normalized spacial score (nSPS) is 11.5. The zero-order valence-corrected chi connectivity index (χ0v) is 12.4. The molecule has 124 valence electrons. The van der Waals surface area contributed by atoms with Gasteiger partial charge in [-0.1, -0.05) is 12.1 Å². The van der Waals surface area contributed by atoms with Gasteiger partial charge in [-0.3, -0.25) is 0 Å². The van der Waals surface area contributed by atoms with Crippen LogP contribution in [0.5, 0.6) is 0 Å². The van der Waals surface area contributed by atoms with Crippen molar-refractivity contribution < 1.29 is 32.2 Å². The monoisotopic (exact) mass is 329 g/mol. The summed E-state index contributed by atoms with van der Waals surface area (Å²) in [4.78, 5) is 26.4. The fourth-order valence-corrected chi connectivity index (χ4v) is 2.23. The predicted molar refractivity (Wildman–Crippen MR) is 75.2 cm³/mol. The molecule has 0 aliphatic carbocycles. The van der Waals surface area contributed by atoms with Crippen molar-refractivity contribution in [2.45, 2.75) is 20.0 Å². The standard InChI is InChI=1S/C15H14F3NO4/c1-3-22-13(20)10-8-6-5-7-9(15(16,17)18)11(8)19-12(10)14(21)23-4-2/h5-7,19H,3-4H2,1-2H3. The Kier molecular flexibility index (Phi) is 4.63. The Balaban J connectivity index is 2.75. The van der Waals surface area contributed by atoms with Crippen molar-refractivity contribution in [3.05, 3.63) is 35.0 Å². The van der Waals surface area contributed by atoms with Crippen LogP contribution < -0.4 is 0 Å². The molecule has 1 aromatic carbocycles. The summed E-state index contributed by atoms with van der Waals surface area (Å²) in [5.74, 6) is -1.80. The van der Waals surface area contributed by atoms with E-state index in [4.69, 9.17) is 9.47 Å². The van der Waals surface area contributed by atoms with Crippen molar-refractivity contribution in [3.8, 4) is 0 Å². The smallest absolute Gasteiger partial charge is 0.418 e. The van der Waals surface area contributed by atoms with Crippen LogP contribution in [0.15, 0.2) is 18.2 Å². The molecule has 0 aliphatic rings. The van der Waals surface area contributed by atoms with E-state index in [-0.39, 0.29) is 35.4 Å². The summed E-state index contributed by atoms with van der Waals surface area (Å²) in [6.45, 7) is 3.14. The molecule has 0 radical (unpaired) electrons. The van der Waals surface area contributed by atoms with Crippen LogP contribution in [0.3, 0.4) is 0 Å². The molecule has 1 N–H and O–H groups in total. The molecule has 0 unspecified atom stereocenters. The van der Waals surface area contributed by atoms with Crippen molar-refractivity contribution in [1.29, 1.82) is 0 Å². The second kappa shape index (κ2) is 6.31. The molecule has 0 saturated carbocycles. The molecule has 1 heterocycles. The molecule has 23 heavy (non-hydrogen) atoms. The van der Waals surface area contributed by atoms with Gasteiger partial charge in [-0.2, -0.15) is 13.2 Å². The summed E-state index contributed by atoms with van der Waals surface area (Å²) in [5.41, 5.74) is -1.94. The molecule has 8 heteroatoms. The van der Waals surface area contributed by atoms with E-state index in [1.165, 1.54) is 6.07 Å². The maximum atomic E-state index is 13.1. The SMILES string of the molecule is CCOC(=O)c1[nH]c2c(C(F)(F)F)cccc2c1C(=O)OCC. The Morgan fingerprint density at radius 3 is 2.26 bits per heavy atom. The molecule has 0 aliphatic heterocycles. The Morgan fingerprint density at radius 2 is 1.70 bits per heavy atom. The first-order chi connectivity index (χ1) is 10.8. The van der Waals surface area contributed by atoms with E-state index >= 15 is 0 Å². The van der Waals surface area contributed by atoms with Gasteiger partial charge in [0.05, 0.1) is 29.9 Å². The minimum absolute atomic E-state index is 0.0165. The maximum absolute atomic E-state index is 13.1. The number of benzene rings is 1. The number of halogens is 3. The number of alkyl halides is 3. The van der Waals surface area contributed by atoms with Crippen LogP contribution in [-0.4, -0.2) is 30.1 Å². The number of para-hydroxylation sites is 1. The van der Waals surface area contributed by atoms with Gasteiger partial charge in [0.2, 0.25) is 0 Å². The number of carbonyl (C=O) groups is 2. The van der Waals surface area contributed by atoms with E-state index in [9.17, 15) is 22.8 Å². The first-order valence-corrected chi connectivity index (χ1v) is 6.87. The zero-order chi connectivity index (χ0) is 17.2. The Labute approximate surface area is 129 Å². The predicted octanol–water partition coefficient (Wildman–Crippen LogP) is 3.54. The number of hydrogen-bond donors (Lipinski definition) is 1. The average Bonchev–Trinajstić information content (AvgIpc) is 2.85. The number of rotatable bonds is 4. The van der Waals surface area contributed by atoms with Gasteiger partial charge in [-0.15, -0.1) is 0 Å². The summed E-state index contributed by atoms with van der Waals surface area (Å²) >= 11 is 0. The van der Waals surface area contributed by atoms with Crippen molar-refractivity contribution in [2.24, 2.45) is 0 Å². The minimum atomic E-state index is -4.64. The summed E-state index contributed by atoms with van der Waals surface area (Å²) in [6, 6.07) is 3.34. The van der Waals surface area contributed by atoms with E-state index in [0.717, 1.165) is 12.1 Å². The third-order valence-corrected chi connectivity index (χ3v) is 3.10. The van der Waals surface area contributed by atoms with Crippen molar-refractivity contribution in [2.75, 3.05) is 13.2 Å². The minimum Gasteiger partial charge on any atom is -0.462 e. The van der Waals surface area contributed by atoms with Crippen molar-refractivity contribution in [1.82, 2.24) is 4.98 Å². The molecular weight excluding hydrogens is 315 g/mol. The van der Waals surface area contributed by atoms with E-state index in [2.05, 4.69) is 4.98 Å². The molecule has 2 aromatic rings. The second-order valence-electron chi connectivity index (χ2n) is 4.54. The van der Waals surface area contributed by atoms with Crippen molar-refractivity contribution in [3.63, 3.8) is 0 Å². The topological polar surface area (TPSA) is 68.4 Å². The number of H-pyrrole nitrogens is 1. The number of carbonyl (C=O) groups excluding carboxylic acids is 2. The van der Waals surface area contributed by atoms with Gasteiger partial charge in [-0.05, 0) is 19.9 Å². The van der Waals surface area contributed by atoms with Crippen LogP contribution in [0.25, 0.3) is 10.9 Å². The first-order valence-electron chi connectivity index (χ1n) is 6.87. The fourth-order valence-electron chi connectivity index (χ4n) is 2.23. The first kappa shape index (κ1) is 16.9. The number of aromatic amines is 1. The van der Waals surface area contributed by atoms with E-state index in [0.29, 0.717) is 0 Å². The molecule has 0 spiro atoms. The average molecular weight is 329 g/mol. The number of esters is 2. The van der Waals surface area contributed by atoms with E-state index in [1.807, 2.05) is 0 Å². The van der Waals surface area contributed by atoms with Crippen LogP contribution in [0, 0.1) is 0 Å². The molecule has 0 bridgehead atoms. The van der Waals surface area contributed by atoms with E-state index in [1.54, 1.807) is 13.8 Å². The largest absolute Gasteiger partial charge is 0.462 e. The lowest BCUT2D eigenvalue weighted by Crippen LogP contribution is -2.13. The lowest BCUT2D eigenvalue weighted by atomic mass is 10.1. The molecule has 1 aromatic heterocycles. The quantitative estimate of drug-likeness (QED) is 0.871. The summed E-state index contributed by atoms with van der Waals surface area (Å²) in [6.07, 6.45) is -4.64. The number of ether oxygens (including phenoxy) is 2. The van der Waals surface area contributed by atoms with Gasteiger partial charge in [0, 0.05) is 5.39 Å². The Bertz CT molecular complexity index is 749. The highest BCUT2D eigenvalue weighted by Gasteiger charge is 2.35. The third kappa shape index (κ3) is 3.15. The van der Waals surface area contributed by atoms with Crippen LogP contribution >= 0.6 is 0 Å². The zero-order valence-electron chi connectivity index (χ0n) is 12.4. The third-order valence-electron chi connectivity index (χ3n) is 3.10. The van der Waals surface area contributed by atoms with Gasteiger partial charge < -0.3 is 14.5 Å². The Morgan fingerprint density at radius 1 is 1.09 bits per heavy atom. The van der Waals surface area contributed by atoms with Gasteiger partial charge in [0.25, 0.3) is 0 Å². The highest BCUT2D eigenvalue weighted by molar-refractivity contribution is 6.13. The van der Waals surface area contributed by atoms with Gasteiger partial charge in [-0.25, -0.2) is 9.59 Å². The van der Waals surface area contributed by atoms with Crippen LogP contribution in [0.4, 0.5) is 13.2 Å². The number of nitrogens with one attached hydrogen (secondary N) is 1. The molecule has 5 nitrogen and oxygen atoms in total. The fraction of sp³-hybridized carbons (Fsp3) is 0.333. The highest BCUT2D eigenvalue weighted by Crippen LogP contribution is 2.36. The summed E-state index contributed by atoms with van der Waals surface area (Å²) in [5, 5.41) is -0.0404. The molecule has 2 rings (SSSR count). The highest BCUT2D eigenvalue weighted by atomic mass is 19.4. The number of hydrogen-bond acceptors (Lipinski definition) is 4. The van der Waals surface area contributed by atoms with Crippen LogP contribution in [-0.2, 0) is 15.7 Å². The molecule has 0 fully saturated rings. The van der Waals surface area contributed by atoms with Crippen LogP contribution in [0.2, 0.25) is 0 Å². The van der Waals surface area contributed by atoms with Gasteiger partial charge in [0.1, 0.15) is 5.69 Å². The molecule has 0 atom stereocenters. The van der Waals surface area contributed by atoms with Crippen LogP contribution in [0.1, 0.15) is 40.3 Å². The molecule has 0 saturated heterocycles. The molecule has 0 amide bonds. The van der Waals surface area contributed by atoms with E-state index < -0.39 is 23.7 Å².